The van der Waals surface area contributed by atoms with Crippen LogP contribution in [0.5, 0.6) is 5.75 Å². The molecule has 0 radical (unpaired) electrons. The van der Waals surface area contributed by atoms with Gasteiger partial charge in [-0.3, -0.25) is 4.79 Å². The van der Waals surface area contributed by atoms with Gasteiger partial charge in [0, 0.05) is 12.1 Å². The van der Waals surface area contributed by atoms with Crippen molar-refractivity contribution in [3.63, 3.8) is 0 Å². The Balaban J connectivity index is 1.54. The van der Waals surface area contributed by atoms with E-state index in [9.17, 15) is 4.79 Å². The molecule has 0 spiro atoms. The molecule has 0 bridgehead atoms. The Labute approximate surface area is 156 Å². The monoisotopic (exact) mass is 354 g/mol. The van der Waals surface area contributed by atoms with Gasteiger partial charge in [-0.15, -0.1) is 0 Å². The highest BCUT2D eigenvalue weighted by Gasteiger charge is 2.33. The number of hydrogen-bond acceptors (Lipinski definition) is 3. The van der Waals surface area contributed by atoms with Gasteiger partial charge in [0.05, 0.1) is 0 Å². The van der Waals surface area contributed by atoms with E-state index in [2.05, 4.69) is 36.4 Å². The van der Waals surface area contributed by atoms with Crippen LogP contribution in [0.25, 0.3) is 10.8 Å². The second kappa shape index (κ2) is 8.54. The number of ether oxygens (including phenoxy) is 1. The van der Waals surface area contributed by atoms with Crippen molar-refractivity contribution in [3.05, 3.63) is 42.5 Å². The number of benzene rings is 2. The normalized spacial score (nSPS) is 17.0. The highest BCUT2D eigenvalue weighted by Crippen LogP contribution is 2.30. The van der Waals surface area contributed by atoms with Gasteiger partial charge in [-0.25, -0.2) is 0 Å². The lowest BCUT2D eigenvalue weighted by atomic mass is 9.88. The third kappa shape index (κ3) is 4.55. The van der Waals surface area contributed by atoms with Gasteiger partial charge in [0.1, 0.15) is 5.75 Å². The summed E-state index contributed by atoms with van der Waals surface area (Å²) in [6.07, 6.45) is 7.37. The molecule has 4 nitrogen and oxygen atoms in total. The molecule has 0 aromatic heterocycles. The molecule has 0 heterocycles. The van der Waals surface area contributed by atoms with Crippen LogP contribution in [0.4, 0.5) is 0 Å². The van der Waals surface area contributed by atoms with E-state index in [0.29, 0.717) is 6.54 Å². The quantitative estimate of drug-likeness (QED) is 0.798. The van der Waals surface area contributed by atoms with Gasteiger partial charge < -0.3 is 15.0 Å². The third-order valence-corrected chi connectivity index (χ3v) is 5.69. The molecule has 2 aromatic carbocycles. The van der Waals surface area contributed by atoms with Gasteiger partial charge in [-0.2, -0.15) is 0 Å². The first kappa shape index (κ1) is 18.7. The highest BCUT2D eigenvalue weighted by molar-refractivity contribution is 5.84. The molecule has 3 rings (SSSR count). The molecule has 1 saturated carbocycles. The topological polar surface area (TPSA) is 41.6 Å². The van der Waals surface area contributed by atoms with Crippen molar-refractivity contribution in [2.24, 2.45) is 0 Å². The highest BCUT2D eigenvalue weighted by atomic mass is 16.5. The Morgan fingerprint density at radius 1 is 1.04 bits per heavy atom. The summed E-state index contributed by atoms with van der Waals surface area (Å²) in [7, 11) is 4.26. The summed E-state index contributed by atoms with van der Waals surface area (Å²) >= 11 is 0. The second-order valence-corrected chi connectivity index (χ2v) is 7.61. The van der Waals surface area contributed by atoms with Crippen molar-refractivity contribution < 1.29 is 9.53 Å². The maximum absolute atomic E-state index is 12.3. The number of rotatable bonds is 6. The number of fused-ring (bicyclic) bond motifs is 1. The third-order valence-electron chi connectivity index (χ3n) is 5.69. The van der Waals surface area contributed by atoms with E-state index in [4.69, 9.17) is 4.74 Å². The van der Waals surface area contributed by atoms with Gasteiger partial charge >= 0.3 is 0 Å². The fraction of sp³-hybridized carbons (Fsp3) is 0.500. The van der Waals surface area contributed by atoms with E-state index >= 15 is 0 Å². The summed E-state index contributed by atoms with van der Waals surface area (Å²) in [4.78, 5) is 14.6. The fourth-order valence-corrected chi connectivity index (χ4v) is 3.89. The first-order valence-electron chi connectivity index (χ1n) is 9.65. The van der Waals surface area contributed by atoms with Crippen LogP contribution in [0.15, 0.2) is 42.5 Å². The summed E-state index contributed by atoms with van der Waals surface area (Å²) < 4.78 is 5.71. The van der Waals surface area contributed by atoms with Crippen molar-refractivity contribution in [1.29, 1.82) is 0 Å². The summed E-state index contributed by atoms with van der Waals surface area (Å²) in [5.74, 6) is 0.680. The molecule has 0 aliphatic heterocycles. The molecule has 1 N–H and O–H groups in total. The Hall–Kier alpha value is -2.07. The molecule has 1 aliphatic carbocycles. The molecule has 1 aliphatic rings. The van der Waals surface area contributed by atoms with Crippen molar-refractivity contribution in [2.45, 2.75) is 44.1 Å². The zero-order valence-electron chi connectivity index (χ0n) is 16.0. The number of carbonyl (C=O) groups excluding carboxylic acids is 1. The minimum absolute atomic E-state index is 0.0522. The average Bonchev–Trinajstić information content (AvgIpc) is 2.91. The minimum atomic E-state index is -0.0522. The lowest BCUT2D eigenvalue weighted by molar-refractivity contribution is -0.123. The smallest absolute Gasteiger partial charge is 0.258 e. The van der Waals surface area contributed by atoms with Crippen LogP contribution in [0, 0.1) is 0 Å². The summed E-state index contributed by atoms with van der Waals surface area (Å²) in [5, 5.41) is 5.40. The molecule has 140 valence electrons. The van der Waals surface area contributed by atoms with Crippen LogP contribution in [0.3, 0.4) is 0 Å². The zero-order valence-corrected chi connectivity index (χ0v) is 16.0. The second-order valence-electron chi connectivity index (χ2n) is 7.61. The first-order chi connectivity index (χ1) is 12.6. The number of likely N-dealkylation sites (N-methyl/N-ethyl adjacent to an activating group) is 1. The Morgan fingerprint density at radius 2 is 1.73 bits per heavy atom. The Kier molecular flexibility index (Phi) is 6.15. The van der Waals surface area contributed by atoms with E-state index in [1.165, 1.54) is 31.1 Å². The molecule has 0 atom stereocenters. The largest absolute Gasteiger partial charge is 0.484 e. The molecule has 0 saturated heterocycles. The van der Waals surface area contributed by atoms with Gasteiger partial charge in [-0.1, -0.05) is 56.0 Å². The molecule has 2 aromatic rings. The van der Waals surface area contributed by atoms with E-state index in [1.54, 1.807) is 0 Å². The van der Waals surface area contributed by atoms with Gasteiger partial charge in [-0.05, 0) is 49.8 Å². The molecule has 4 heteroatoms. The summed E-state index contributed by atoms with van der Waals surface area (Å²) in [6, 6.07) is 14.1. The lowest BCUT2D eigenvalue weighted by Crippen LogP contribution is -2.53. The van der Waals surface area contributed by atoms with Gasteiger partial charge in [0.15, 0.2) is 6.61 Å². The van der Waals surface area contributed by atoms with Crippen LogP contribution in [0.1, 0.15) is 38.5 Å². The SMILES string of the molecule is CN(C)C1(CNC(=O)COc2ccc3ccccc3c2)CCCCCC1. The molecule has 1 amide bonds. The van der Waals surface area contributed by atoms with E-state index in [0.717, 1.165) is 24.0 Å². The molecule has 1 fully saturated rings. The van der Waals surface area contributed by atoms with Crippen LogP contribution < -0.4 is 10.1 Å². The van der Waals surface area contributed by atoms with E-state index < -0.39 is 0 Å². The van der Waals surface area contributed by atoms with Crippen LogP contribution in [-0.2, 0) is 4.79 Å². The predicted molar refractivity (Wildman–Crippen MR) is 107 cm³/mol. The van der Waals surface area contributed by atoms with E-state index in [-0.39, 0.29) is 18.1 Å². The number of hydrogen-bond donors (Lipinski definition) is 1. The van der Waals surface area contributed by atoms with Crippen LogP contribution in [-0.4, -0.2) is 43.6 Å². The van der Waals surface area contributed by atoms with Crippen LogP contribution >= 0.6 is 0 Å². The number of amides is 1. The van der Waals surface area contributed by atoms with Crippen molar-refractivity contribution in [1.82, 2.24) is 10.2 Å². The molecule has 26 heavy (non-hydrogen) atoms. The number of nitrogens with one attached hydrogen (secondary N) is 1. The zero-order chi connectivity index (χ0) is 18.4. The Morgan fingerprint density at radius 3 is 2.42 bits per heavy atom. The summed E-state index contributed by atoms with van der Waals surface area (Å²) in [5.41, 5.74) is 0.0785. The van der Waals surface area contributed by atoms with Gasteiger partial charge in [0.2, 0.25) is 0 Å². The molecular formula is C22H30N2O2. The maximum Gasteiger partial charge on any atom is 0.258 e. The van der Waals surface area contributed by atoms with E-state index in [1.807, 2.05) is 30.3 Å². The van der Waals surface area contributed by atoms with Crippen LogP contribution in [0.2, 0.25) is 0 Å². The van der Waals surface area contributed by atoms with Crippen molar-refractivity contribution >= 4 is 16.7 Å². The maximum atomic E-state index is 12.3. The number of nitrogens with zero attached hydrogens (tertiary/aromatic N) is 1. The van der Waals surface area contributed by atoms with Crippen molar-refractivity contribution in [3.8, 4) is 5.75 Å². The van der Waals surface area contributed by atoms with Gasteiger partial charge in [0.25, 0.3) is 5.91 Å². The van der Waals surface area contributed by atoms with Crippen molar-refractivity contribution in [2.75, 3.05) is 27.2 Å². The first-order valence-corrected chi connectivity index (χ1v) is 9.65. The molecular weight excluding hydrogens is 324 g/mol. The lowest BCUT2D eigenvalue weighted by Gasteiger charge is -2.39. The predicted octanol–water partition coefficient (Wildman–Crippen LogP) is 3.99. The molecule has 0 unspecified atom stereocenters. The minimum Gasteiger partial charge on any atom is -0.484 e. The summed E-state index contributed by atoms with van der Waals surface area (Å²) in [6.45, 7) is 0.752. The fourth-order valence-electron chi connectivity index (χ4n) is 3.89. The Bertz CT molecular complexity index is 734. The average molecular weight is 354 g/mol. The number of carbonyl (C=O) groups is 1. The standard InChI is InChI=1S/C22H30N2O2/c1-24(2)22(13-7-3-4-8-14-22)17-23-21(25)16-26-20-12-11-18-9-5-6-10-19(18)15-20/h5-6,9-12,15H,3-4,7-8,13-14,16-17H2,1-2H3,(H,23,25).